The van der Waals surface area contributed by atoms with Gasteiger partial charge in [0.15, 0.2) is 5.65 Å². The first-order valence-electron chi connectivity index (χ1n) is 6.56. The minimum Gasteiger partial charge on any atom is -0.312 e. The van der Waals surface area contributed by atoms with Crippen molar-refractivity contribution >= 4 is 11.0 Å². The first-order chi connectivity index (χ1) is 8.63. The molecule has 0 spiro atoms. The van der Waals surface area contributed by atoms with E-state index in [1.165, 1.54) is 6.33 Å². The third kappa shape index (κ3) is 2.44. The van der Waals surface area contributed by atoms with Crippen LogP contribution >= 0.6 is 0 Å². The van der Waals surface area contributed by atoms with Gasteiger partial charge in [0.25, 0.3) is 5.56 Å². The number of H-pyrrole nitrogens is 1. The Labute approximate surface area is 106 Å². The summed E-state index contributed by atoms with van der Waals surface area (Å²) in [4.78, 5) is 18.8. The predicted octanol–water partition coefficient (Wildman–Crippen LogP) is 2.12. The lowest BCUT2D eigenvalue weighted by Crippen LogP contribution is -2.08. The van der Waals surface area contributed by atoms with Crippen molar-refractivity contribution in [2.24, 2.45) is 5.92 Å². The molecule has 1 N–H and O–H groups in total. The van der Waals surface area contributed by atoms with Crippen molar-refractivity contribution in [1.29, 1.82) is 0 Å². The molecule has 18 heavy (non-hydrogen) atoms. The summed E-state index contributed by atoms with van der Waals surface area (Å²) >= 11 is 0. The van der Waals surface area contributed by atoms with Gasteiger partial charge in [-0.05, 0) is 18.8 Å². The summed E-state index contributed by atoms with van der Waals surface area (Å²) < 4.78 is 1.87. The molecule has 0 bridgehead atoms. The molecule has 0 fully saturated rings. The highest BCUT2D eigenvalue weighted by molar-refractivity contribution is 5.76. The highest BCUT2D eigenvalue weighted by Crippen LogP contribution is 2.16. The predicted molar refractivity (Wildman–Crippen MR) is 71.6 cm³/mol. The molecule has 2 aromatic heterocycles. The second-order valence-electron chi connectivity index (χ2n) is 5.05. The van der Waals surface area contributed by atoms with Gasteiger partial charge in [-0.3, -0.25) is 4.79 Å². The average molecular weight is 248 g/mol. The van der Waals surface area contributed by atoms with Crippen LogP contribution in [0.5, 0.6) is 0 Å². The van der Waals surface area contributed by atoms with Crippen LogP contribution in [0, 0.1) is 5.92 Å². The molecule has 0 amide bonds. The smallest absolute Gasteiger partial charge is 0.262 e. The molecule has 0 unspecified atom stereocenters. The van der Waals surface area contributed by atoms with Gasteiger partial charge in [-0.1, -0.05) is 27.2 Å². The van der Waals surface area contributed by atoms with E-state index in [2.05, 4.69) is 35.8 Å². The summed E-state index contributed by atoms with van der Waals surface area (Å²) in [5.41, 5.74) is 1.49. The summed E-state index contributed by atoms with van der Waals surface area (Å²) in [6, 6.07) is 0. The Hall–Kier alpha value is -1.65. The molecule has 2 heterocycles. The summed E-state index contributed by atoms with van der Waals surface area (Å²) in [6.07, 6.45) is 4.41. The van der Waals surface area contributed by atoms with E-state index >= 15 is 0 Å². The van der Waals surface area contributed by atoms with Crippen LogP contribution in [-0.2, 0) is 13.0 Å². The third-order valence-corrected chi connectivity index (χ3v) is 2.93. The zero-order valence-corrected chi connectivity index (χ0v) is 11.2. The van der Waals surface area contributed by atoms with Crippen molar-refractivity contribution in [2.45, 2.75) is 46.6 Å². The number of hydrogen-bond acceptors (Lipinski definition) is 3. The summed E-state index contributed by atoms with van der Waals surface area (Å²) in [6.45, 7) is 7.21. The number of nitrogens with zero attached hydrogens (tertiary/aromatic N) is 3. The highest BCUT2D eigenvalue weighted by Gasteiger charge is 2.15. The molecule has 2 rings (SSSR count). The lowest BCUT2D eigenvalue weighted by molar-refractivity contribution is 0.562. The van der Waals surface area contributed by atoms with Crippen LogP contribution in [0.25, 0.3) is 11.0 Å². The van der Waals surface area contributed by atoms with Crippen LogP contribution in [0.3, 0.4) is 0 Å². The van der Waals surface area contributed by atoms with Gasteiger partial charge in [0.05, 0.1) is 12.0 Å². The number of aryl methyl sites for hydroxylation is 1. The molecule has 0 aromatic carbocycles. The third-order valence-electron chi connectivity index (χ3n) is 2.93. The maximum absolute atomic E-state index is 11.9. The minimum atomic E-state index is -0.0848. The number of fused-ring (bicyclic) bond motifs is 1. The Bertz CT molecular complexity index is 582. The van der Waals surface area contributed by atoms with Gasteiger partial charge in [0.2, 0.25) is 0 Å². The lowest BCUT2D eigenvalue weighted by atomic mass is 10.1. The van der Waals surface area contributed by atoms with E-state index in [1.54, 1.807) is 0 Å². The number of unbranched alkanes of at least 4 members (excludes halogenated alkanes) is 1. The van der Waals surface area contributed by atoms with E-state index in [9.17, 15) is 4.79 Å². The van der Waals surface area contributed by atoms with Crippen molar-refractivity contribution in [3.8, 4) is 0 Å². The van der Waals surface area contributed by atoms with Crippen molar-refractivity contribution in [3.05, 3.63) is 22.4 Å². The maximum atomic E-state index is 11.9. The zero-order chi connectivity index (χ0) is 13.1. The van der Waals surface area contributed by atoms with Crippen LogP contribution in [0.4, 0.5) is 0 Å². The van der Waals surface area contributed by atoms with Crippen LogP contribution in [0.1, 0.15) is 39.3 Å². The Morgan fingerprint density at radius 3 is 2.89 bits per heavy atom. The van der Waals surface area contributed by atoms with Crippen molar-refractivity contribution < 1.29 is 0 Å². The second kappa shape index (κ2) is 5.33. The summed E-state index contributed by atoms with van der Waals surface area (Å²) in [5.74, 6) is 0.474. The average Bonchev–Trinajstić information content (AvgIpc) is 2.65. The van der Waals surface area contributed by atoms with Crippen molar-refractivity contribution in [3.63, 3.8) is 0 Å². The summed E-state index contributed by atoms with van der Waals surface area (Å²) in [7, 11) is 0. The molecule has 0 aliphatic rings. The fourth-order valence-corrected chi connectivity index (χ4v) is 2.08. The zero-order valence-electron chi connectivity index (χ0n) is 11.2. The van der Waals surface area contributed by atoms with E-state index < -0.39 is 0 Å². The maximum Gasteiger partial charge on any atom is 0.262 e. The molecule has 0 saturated heterocycles. The minimum absolute atomic E-state index is 0.0848. The van der Waals surface area contributed by atoms with Crippen LogP contribution in [0.15, 0.2) is 11.1 Å². The monoisotopic (exact) mass is 248 g/mol. The van der Waals surface area contributed by atoms with Gasteiger partial charge in [-0.15, -0.1) is 0 Å². The first-order valence-corrected chi connectivity index (χ1v) is 6.56. The van der Waals surface area contributed by atoms with Gasteiger partial charge in [-0.25, -0.2) is 9.67 Å². The molecule has 2 aromatic rings. The number of rotatable bonds is 5. The Balaban J connectivity index is 2.53. The molecule has 5 nitrogen and oxygen atoms in total. The molecular formula is C13H20N4O. The normalized spacial score (nSPS) is 11.6. The molecular weight excluding hydrogens is 228 g/mol. The fourth-order valence-electron chi connectivity index (χ4n) is 2.08. The number of aromatic amines is 1. The van der Waals surface area contributed by atoms with Crippen LogP contribution in [0.2, 0.25) is 0 Å². The van der Waals surface area contributed by atoms with Gasteiger partial charge in [-0.2, -0.15) is 5.10 Å². The largest absolute Gasteiger partial charge is 0.312 e. The molecule has 0 aliphatic heterocycles. The molecule has 0 saturated carbocycles. The SMILES string of the molecule is CCCCn1nc(CC(C)C)c2c(=O)[nH]cnc21. The number of nitrogens with one attached hydrogen (secondary N) is 1. The Morgan fingerprint density at radius 1 is 1.44 bits per heavy atom. The first kappa shape index (κ1) is 12.8. The van der Waals surface area contributed by atoms with E-state index in [-0.39, 0.29) is 5.56 Å². The van der Waals surface area contributed by atoms with E-state index in [0.29, 0.717) is 17.0 Å². The topological polar surface area (TPSA) is 63.6 Å². The molecule has 98 valence electrons. The molecule has 0 aliphatic carbocycles. The molecule has 0 radical (unpaired) electrons. The van der Waals surface area contributed by atoms with Crippen molar-refractivity contribution in [2.75, 3.05) is 0 Å². The van der Waals surface area contributed by atoms with Gasteiger partial charge in [0, 0.05) is 6.54 Å². The molecule has 0 atom stereocenters. The van der Waals surface area contributed by atoms with Gasteiger partial charge >= 0.3 is 0 Å². The summed E-state index contributed by atoms with van der Waals surface area (Å²) in [5, 5.41) is 5.22. The number of hydrogen-bond donors (Lipinski definition) is 1. The van der Waals surface area contributed by atoms with Crippen LogP contribution < -0.4 is 5.56 Å². The highest BCUT2D eigenvalue weighted by atomic mass is 16.1. The standard InChI is InChI=1S/C13H20N4O/c1-4-5-6-17-12-11(13(18)15-8-14-12)10(16-17)7-9(2)3/h8-9H,4-7H2,1-3H3,(H,14,15,18). The van der Waals surface area contributed by atoms with Crippen LogP contribution in [-0.4, -0.2) is 19.7 Å². The van der Waals surface area contributed by atoms with E-state index in [1.807, 2.05) is 4.68 Å². The Morgan fingerprint density at radius 2 is 2.22 bits per heavy atom. The van der Waals surface area contributed by atoms with E-state index in [0.717, 1.165) is 31.5 Å². The lowest BCUT2D eigenvalue weighted by Gasteiger charge is -2.01. The van der Waals surface area contributed by atoms with E-state index in [4.69, 9.17) is 0 Å². The van der Waals surface area contributed by atoms with Crippen molar-refractivity contribution in [1.82, 2.24) is 19.7 Å². The molecule has 5 heteroatoms. The Kier molecular flexibility index (Phi) is 3.79. The van der Waals surface area contributed by atoms with Gasteiger partial charge in [0.1, 0.15) is 5.39 Å². The fraction of sp³-hybridized carbons (Fsp3) is 0.615. The quantitative estimate of drug-likeness (QED) is 0.881. The second-order valence-corrected chi connectivity index (χ2v) is 5.05. The van der Waals surface area contributed by atoms with Gasteiger partial charge < -0.3 is 4.98 Å². The number of aromatic nitrogens is 4.